The molecule has 0 spiro atoms. The molecule has 0 bridgehead atoms. The SMILES string of the molecule is C#CCCCC(C(=O)O)c1ccc(Cl)cc1. The summed E-state index contributed by atoms with van der Waals surface area (Å²) in [6.45, 7) is 0. The van der Waals surface area contributed by atoms with Crippen molar-refractivity contribution < 1.29 is 9.90 Å². The second kappa shape index (κ2) is 6.19. The average molecular weight is 237 g/mol. The Morgan fingerprint density at radius 2 is 2.06 bits per heavy atom. The predicted octanol–water partition coefficient (Wildman–Crippen LogP) is 3.31. The summed E-state index contributed by atoms with van der Waals surface area (Å²) < 4.78 is 0. The van der Waals surface area contributed by atoms with Crippen LogP contribution in [0.15, 0.2) is 24.3 Å². The lowest BCUT2D eigenvalue weighted by Gasteiger charge is -2.11. The maximum atomic E-state index is 11.1. The standard InChI is InChI=1S/C13H13ClO2/c1-2-3-4-5-12(13(15)16)10-6-8-11(14)9-7-10/h1,6-9,12H,3-5H2,(H,15,16). The summed E-state index contributed by atoms with van der Waals surface area (Å²) in [5, 5.41) is 9.72. The minimum atomic E-state index is -0.820. The molecule has 0 saturated carbocycles. The molecule has 0 aliphatic heterocycles. The summed E-state index contributed by atoms with van der Waals surface area (Å²) in [7, 11) is 0. The number of carboxylic acids is 1. The topological polar surface area (TPSA) is 37.3 Å². The molecule has 3 heteroatoms. The maximum absolute atomic E-state index is 11.1. The third kappa shape index (κ3) is 3.60. The molecule has 0 fully saturated rings. The molecule has 1 unspecified atom stereocenters. The monoisotopic (exact) mass is 236 g/mol. The molecule has 1 aromatic rings. The van der Waals surface area contributed by atoms with Gasteiger partial charge in [0.05, 0.1) is 5.92 Å². The molecule has 1 N–H and O–H groups in total. The molecule has 1 aromatic carbocycles. The van der Waals surface area contributed by atoms with Gasteiger partial charge in [-0.2, -0.15) is 0 Å². The Balaban J connectivity index is 2.74. The van der Waals surface area contributed by atoms with Gasteiger partial charge in [-0.25, -0.2) is 0 Å². The third-order valence-electron chi connectivity index (χ3n) is 2.38. The lowest BCUT2D eigenvalue weighted by molar-refractivity contribution is -0.139. The maximum Gasteiger partial charge on any atom is 0.310 e. The highest BCUT2D eigenvalue weighted by atomic mass is 35.5. The van der Waals surface area contributed by atoms with Gasteiger partial charge in [-0.15, -0.1) is 12.3 Å². The Kier molecular flexibility index (Phi) is 4.88. The van der Waals surface area contributed by atoms with Crippen LogP contribution in [0.2, 0.25) is 5.02 Å². The largest absolute Gasteiger partial charge is 0.481 e. The molecular weight excluding hydrogens is 224 g/mol. The highest BCUT2D eigenvalue weighted by Crippen LogP contribution is 2.23. The van der Waals surface area contributed by atoms with Crippen LogP contribution < -0.4 is 0 Å². The zero-order valence-corrected chi connectivity index (χ0v) is 9.57. The lowest BCUT2D eigenvalue weighted by atomic mass is 9.94. The number of carboxylic acid groups (broad SMARTS) is 1. The van der Waals surface area contributed by atoms with E-state index in [-0.39, 0.29) is 0 Å². The van der Waals surface area contributed by atoms with Crippen molar-refractivity contribution in [1.82, 2.24) is 0 Å². The van der Waals surface area contributed by atoms with Gasteiger partial charge in [0.25, 0.3) is 0 Å². The number of hydrogen-bond donors (Lipinski definition) is 1. The van der Waals surface area contributed by atoms with Crippen molar-refractivity contribution in [3.05, 3.63) is 34.9 Å². The molecule has 84 valence electrons. The van der Waals surface area contributed by atoms with Gasteiger partial charge in [-0.3, -0.25) is 4.79 Å². The lowest BCUT2D eigenvalue weighted by Crippen LogP contribution is -2.11. The number of rotatable bonds is 5. The Hall–Kier alpha value is -1.46. The van der Waals surface area contributed by atoms with Crippen LogP contribution in [0.25, 0.3) is 0 Å². The van der Waals surface area contributed by atoms with E-state index in [1.54, 1.807) is 24.3 Å². The van der Waals surface area contributed by atoms with Gasteiger partial charge in [0.1, 0.15) is 0 Å². The van der Waals surface area contributed by atoms with E-state index in [0.717, 1.165) is 12.0 Å². The Bertz CT molecular complexity index is 389. The van der Waals surface area contributed by atoms with Gasteiger partial charge in [-0.1, -0.05) is 23.7 Å². The van der Waals surface area contributed by atoms with Crippen LogP contribution in [-0.2, 0) is 4.79 Å². The molecule has 1 atom stereocenters. The fraction of sp³-hybridized carbons (Fsp3) is 0.308. The summed E-state index contributed by atoms with van der Waals surface area (Å²) in [5.41, 5.74) is 0.772. The van der Waals surface area contributed by atoms with E-state index in [1.165, 1.54) is 0 Å². The van der Waals surface area contributed by atoms with Crippen LogP contribution in [0.3, 0.4) is 0 Å². The molecule has 16 heavy (non-hydrogen) atoms. The Morgan fingerprint density at radius 1 is 1.44 bits per heavy atom. The van der Waals surface area contributed by atoms with Gasteiger partial charge in [0, 0.05) is 11.4 Å². The number of hydrogen-bond acceptors (Lipinski definition) is 1. The first-order chi connectivity index (χ1) is 7.65. The number of benzene rings is 1. The molecule has 1 rings (SSSR count). The van der Waals surface area contributed by atoms with E-state index in [9.17, 15) is 4.79 Å². The van der Waals surface area contributed by atoms with Crippen molar-refractivity contribution in [2.24, 2.45) is 0 Å². The van der Waals surface area contributed by atoms with Gasteiger partial charge >= 0.3 is 5.97 Å². The van der Waals surface area contributed by atoms with Gasteiger partial charge in [0.2, 0.25) is 0 Å². The summed E-state index contributed by atoms with van der Waals surface area (Å²) in [6.07, 6.45) is 7.02. The molecule has 0 amide bonds. The van der Waals surface area contributed by atoms with Crippen molar-refractivity contribution in [2.45, 2.75) is 25.2 Å². The number of aliphatic carboxylic acids is 1. The van der Waals surface area contributed by atoms with Crippen LogP contribution in [0.1, 0.15) is 30.7 Å². The molecule has 0 heterocycles. The number of halogens is 1. The molecule has 0 aromatic heterocycles. The fourth-order valence-corrected chi connectivity index (χ4v) is 1.66. The first kappa shape index (κ1) is 12.6. The molecular formula is C13H13ClO2. The first-order valence-electron chi connectivity index (χ1n) is 5.07. The highest BCUT2D eigenvalue weighted by Gasteiger charge is 2.18. The minimum Gasteiger partial charge on any atom is -0.481 e. The normalized spacial score (nSPS) is 11.8. The van der Waals surface area contributed by atoms with Crippen molar-refractivity contribution in [1.29, 1.82) is 0 Å². The molecule has 0 radical (unpaired) electrons. The van der Waals surface area contributed by atoms with Crippen molar-refractivity contribution >= 4 is 17.6 Å². The summed E-state index contributed by atoms with van der Waals surface area (Å²) in [4.78, 5) is 11.1. The van der Waals surface area contributed by atoms with Crippen LogP contribution in [0, 0.1) is 12.3 Å². The number of carbonyl (C=O) groups is 1. The van der Waals surface area contributed by atoms with E-state index in [0.29, 0.717) is 17.9 Å². The third-order valence-corrected chi connectivity index (χ3v) is 2.64. The van der Waals surface area contributed by atoms with Crippen molar-refractivity contribution in [2.75, 3.05) is 0 Å². The summed E-state index contributed by atoms with van der Waals surface area (Å²) >= 11 is 5.75. The van der Waals surface area contributed by atoms with E-state index in [1.807, 2.05) is 0 Å². The fourth-order valence-electron chi connectivity index (χ4n) is 1.54. The summed E-state index contributed by atoms with van der Waals surface area (Å²) in [5.74, 6) is 1.19. The number of terminal acetylenes is 1. The average Bonchev–Trinajstić information content (AvgIpc) is 2.26. The minimum absolute atomic E-state index is 0.495. The first-order valence-corrected chi connectivity index (χ1v) is 5.44. The zero-order chi connectivity index (χ0) is 12.0. The van der Waals surface area contributed by atoms with E-state index >= 15 is 0 Å². The van der Waals surface area contributed by atoms with Gasteiger partial charge in [-0.05, 0) is 30.5 Å². The van der Waals surface area contributed by atoms with Crippen LogP contribution in [-0.4, -0.2) is 11.1 Å². The van der Waals surface area contributed by atoms with Crippen LogP contribution >= 0.6 is 11.6 Å². The van der Waals surface area contributed by atoms with Crippen LogP contribution in [0.5, 0.6) is 0 Å². The second-order valence-electron chi connectivity index (χ2n) is 3.54. The zero-order valence-electron chi connectivity index (χ0n) is 8.82. The second-order valence-corrected chi connectivity index (χ2v) is 3.98. The van der Waals surface area contributed by atoms with Crippen molar-refractivity contribution in [3.8, 4) is 12.3 Å². The molecule has 0 saturated heterocycles. The van der Waals surface area contributed by atoms with Crippen LogP contribution in [0.4, 0.5) is 0 Å². The Labute approximate surface area is 100 Å². The summed E-state index contributed by atoms with van der Waals surface area (Å²) in [6, 6.07) is 6.90. The van der Waals surface area contributed by atoms with E-state index in [4.69, 9.17) is 23.1 Å². The quantitative estimate of drug-likeness (QED) is 0.629. The smallest absolute Gasteiger partial charge is 0.310 e. The highest BCUT2D eigenvalue weighted by molar-refractivity contribution is 6.30. The molecule has 0 aliphatic carbocycles. The Morgan fingerprint density at radius 3 is 2.56 bits per heavy atom. The van der Waals surface area contributed by atoms with Crippen molar-refractivity contribution in [3.63, 3.8) is 0 Å². The number of unbranched alkanes of at least 4 members (excludes halogenated alkanes) is 1. The van der Waals surface area contributed by atoms with Gasteiger partial charge in [0.15, 0.2) is 0 Å². The van der Waals surface area contributed by atoms with E-state index < -0.39 is 11.9 Å². The molecule has 2 nitrogen and oxygen atoms in total. The van der Waals surface area contributed by atoms with E-state index in [2.05, 4.69) is 5.92 Å². The molecule has 0 aliphatic rings. The van der Waals surface area contributed by atoms with Gasteiger partial charge < -0.3 is 5.11 Å². The predicted molar refractivity (Wildman–Crippen MR) is 64.5 cm³/mol.